The topological polar surface area (TPSA) is 54.4 Å². The van der Waals surface area contributed by atoms with Crippen LogP contribution in [-0.2, 0) is 19.3 Å². The van der Waals surface area contributed by atoms with Gasteiger partial charge in [-0.1, -0.05) is 13.3 Å². The number of quaternary nitrogens is 1. The number of rotatable bonds is 7. The van der Waals surface area contributed by atoms with Crippen molar-refractivity contribution < 1.29 is 9.88 Å². The fourth-order valence-corrected chi connectivity index (χ4v) is 3.21. The number of fused-ring (bicyclic) bond motifs is 1. The first kappa shape index (κ1) is 16.8. The lowest BCUT2D eigenvalue weighted by Gasteiger charge is -2.20. The summed E-state index contributed by atoms with van der Waals surface area (Å²) in [6.45, 7) is 4.16. The Labute approximate surface area is 134 Å². The predicted molar refractivity (Wildman–Crippen MR) is 89.1 cm³/mol. The van der Waals surface area contributed by atoms with Gasteiger partial charge in [-0.25, -0.2) is 4.98 Å². The number of aromatic amines is 1. The summed E-state index contributed by atoms with van der Waals surface area (Å²) in [6.07, 6.45) is 8.15. The van der Waals surface area contributed by atoms with Gasteiger partial charge >= 0.3 is 0 Å². The van der Waals surface area contributed by atoms with Gasteiger partial charge in [-0.2, -0.15) is 5.26 Å². The lowest BCUT2D eigenvalue weighted by molar-refractivity contribution is -0.856. The third-order valence-electron chi connectivity index (χ3n) is 4.48. The molecule has 0 spiro atoms. The standard InChI is InChI=1S/C18H28N4/c1-4-5-10-17-15-9-7-6-8-14(15)16(13-19)18(21-17)20-11-12-22(2)3/h4-12H2,1-3H3,(H,20,21)/p+2. The van der Waals surface area contributed by atoms with E-state index in [0.717, 1.165) is 43.7 Å². The van der Waals surface area contributed by atoms with Crippen molar-refractivity contribution >= 4 is 5.82 Å². The molecule has 0 unspecified atom stereocenters. The third-order valence-corrected chi connectivity index (χ3v) is 4.48. The molecule has 0 radical (unpaired) electrons. The zero-order valence-corrected chi connectivity index (χ0v) is 14.3. The molecule has 0 amide bonds. The molecule has 1 aromatic rings. The number of nitrogens with zero attached hydrogens (tertiary/aromatic N) is 1. The highest BCUT2D eigenvalue weighted by Gasteiger charge is 2.25. The maximum Gasteiger partial charge on any atom is 0.291 e. The van der Waals surface area contributed by atoms with E-state index in [1.807, 2.05) is 0 Å². The average Bonchev–Trinajstić information content (AvgIpc) is 2.52. The van der Waals surface area contributed by atoms with Gasteiger partial charge < -0.3 is 4.90 Å². The van der Waals surface area contributed by atoms with Crippen LogP contribution in [0.3, 0.4) is 0 Å². The number of nitriles is 1. The molecule has 1 heterocycles. The molecular formula is C18H30N4+2. The van der Waals surface area contributed by atoms with Crippen molar-refractivity contribution in [2.75, 3.05) is 32.5 Å². The number of aryl methyl sites for hydroxylation is 1. The molecule has 22 heavy (non-hydrogen) atoms. The highest BCUT2D eigenvalue weighted by molar-refractivity contribution is 5.56. The van der Waals surface area contributed by atoms with Crippen molar-refractivity contribution in [3.63, 3.8) is 0 Å². The molecule has 0 fully saturated rings. The zero-order valence-electron chi connectivity index (χ0n) is 14.3. The quantitative estimate of drug-likeness (QED) is 0.794. The van der Waals surface area contributed by atoms with Gasteiger partial charge in [0.25, 0.3) is 5.82 Å². The van der Waals surface area contributed by atoms with Crippen LogP contribution in [0.2, 0.25) is 0 Å². The number of anilines is 1. The van der Waals surface area contributed by atoms with Crippen LogP contribution < -0.4 is 15.2 Å². The van der Waals surface area contributed by atoms with E-state index in [1.165, 1.54) is 47.4 Å². The molecule has 0 bridgehead atoms. The Morgan fingerprint density at radius 1 is 1.23 bits per heavy atom. The van der Waals surface area contributed by atoms with E-state index in [-0.39, 0.29) is 0 Å². The Kier molecular flexibility index (Phi) is 6.21. The molecule has 120 valence electrons. The lowest BCUT2D eigenvalue weighted by Crippen LogP contribution is -3.06. The summed E-state index contributed by atoms with van der Waals surface area (Å²) < 4.78 is 0. The number of unbranched alkanes of at least 4 members (excludes halogenated alkanes) is 1. The minimum Gasteiger partial charge on any atom is -0.337 e. The summed E-state index contributed by atoms with van der Waals surface area (Å²) in [6, 6.07) is 2.44. The van der Waals surface area contributed by atoms with Gasteiger partial charge in [0.2, 0.25) is 0 Å². The van der Waals surface area contributed by atoms with Crippen LogP contribution in [0.4, 0.5) is 5.82 Å². The van der Waals surface area contributed by atoms with E-state index in [4.69, 9.17) is 0 Å². The summed E-state index contributed by atoms with van der Waals surface area (Å²) in [5.74, 6) is 0.940. The molecule has 1 aliphatic rings. The molecule has 4 nitrogen and oxygen atoms in total. The molecule has 4 heteroatoms. The monoisotopic (exact) mass is 302 g/mol. The normalized spacial score (nSPS) is 13.8. The first-order valence-electron chi connectivity index (χ1n) is 8.70. The highest BCUT2D eigenvalue weighted by atomic mass is 15.1. The zero-order chi connectivity index (χ0) is 15.9. The van der Waals surface area contributed by atoms with Gasteiger partial charge in [0, 0.05) is 6.42 Å². The number of nitrogens with one attached hydrogen (secondary N) is 3. The molecule has 0 atom stereocenters. The van der Waals surface area contributed by atoms with Gasteiger partial charge in [-0.15, -0.1) is 0 Å². The van der Waals surface area contributed by atoms with Crippen LogP contribution >= 0.6 is 0 Å². The molecule has 0 saturated heterocycles. The van der Waals surface area contributed by atoms with Crippen molar-refractivity contribution in [3.8, 4) is 6.07 Å². The molecule has 0 aliphatic heterocycles. The minimum absolute atomic E-state index is 0.851. The maximum atomic E-state index is 9.63. The van der Waals surface area contributed by atoms with E-state index < -0.39 is 0 Å². The van der Waals surface area contributed by atoms with Crippen molar-refractivity contribution in [2.45, 2.75) is 51.9 Å². The SMILES string of the molecule is CCCCc1[nH+]c(NCC[NH+](C)C)c(C#N)c2c1CCCC2. The Bertz CT molecular complexity index is 543. The largest absolute Gasteiger partial charge is 0.337 e. The molecule has 3 N–H and O–H groups in total. The number of aromatic nitrogens is 1. The number of hydrogen-bond acceptors (Lipinski definition) is 2. The van der Waals surface area contributed by atoms with Crippen molar-refractivity contribution in [2.24, 2.45) is 0 Å². The van der Waals surface area contributed by atoms with Crippen LogP contribution in [0.1, 0.15) is 55.0 Å². The van der Waals surface area contributed by atoms with E-state index in [2.05, 4.69) is 37.4 Å². The van der Waals surface area contributed by atoms with E-state index in [1.54, 1.807) is 0 Å². The van der Waals surface area contributed by atoms with E-state index >= 15 is 0 Å². The van der Waals surface area contributed by atoms with E-state index in [9.17, 15) is 5.26 Å². The van der Waals surface area contributed by atoms with Gasteiger partial charge in [-0.05, 0) is 43.2 Å². The van der Waals surface area contributed by atoms with Gasteiger partial charge in [0.1, 0.15) is 30.4 Å². The smallest absolute Gasteiger partial charge is 0.291 e. The van der Waals surface area contributed by atoms with Crippen molar-refractivity contribution in [1.82, 2.24) is 0 Å². The van der Waals surface area contributed by atoms with Crippen LogP contribution in [-0.4, -0.2) is 27.2 Å². The Hall–Kier alpha value is -1.60. The van der Waals surface area contributed by atoms with E-state index in [0.29, 0.717) is 0 Å². The summed E-state index contributed by atoms with van der Waals surface area (Å²) in [7, 11) is 4.30. The summed E-state index contributed by atoms with van der Waals surface area (Å²) in [4.78, 5) is 4.97. The van der Waals surface area contributed by atoms with Crippen LogP contribution in [0, 0.1) is 11.3 Å². The highest BCUT2D eigenvalue weighted by Crippen LogP contribution is 2.28. The Balaban J connectivity index is 2.32. The molecule has 0 saturated carbocycles. The first-order chi connectivity index (χ1) is 10.7. The number of pyridine rings is 1. The third kappa shape index (κ3) is 3.98. The molecule has 2 rings (SSSR count). The summed E-state index contributed by atoms with van der Waals surface area (Å²) >= 11 is 0. The molecular weight excluding hydrogens is 272 g/mol. The molecule has 1 aliphatic carbocycles. The van der Waals surface area contributed by atoms with Gasteiger partial charge in [-0.3, -0.25) is 5.32 Å². The minimum atomic E-state index is 0.851. The maximum absolute atomic E-state index is 9.63. The second-order valence-corrected chi connectivity index (χ2v) is 6.62. The predicted octanol–water partition coefficient (Wildman–Crippen LogP) is 1.15. The second-order valence-electron chi connectivity index (χ2n) is 6.62. The first-order valence-corrected chi connectivity index (χ1v) is 8.70. The second kappa shape index (κ2) is 8.14. The number of hydrogen-bond donors (Lipinski definition) is 2. The fourth-order valence-electron chi connectivity index (χ4n) is 3.21. The lowest BCUT2D eigenvalue weighted by atomic mass is 9.86. The number of H-pyrrole nitrogens is 1. The van der Waals surface area contributed by atoms with Crippen LogP contribution in [0.5, 0.6) is 0 Å². The fraction of sp³-hybridized carbons (Fsp3) is 0.667. The molecule has 1 aromatic heterocycles. The summed E-state index contributed by atoms with van der Waals surface area (Å²) in [5, 5.41) is 13.1. The van der Waals surface area contributed by atoms with Gasteiger partial charge in [0.05, 0.1) is 14.1 Å². The number of likely N-dealkylation sites (N-methyl/N-ethyl adjacent to an activating group) is 1. The van der Waals surface area contributed by atoms with Crippen LogP contribution in [0.25, 0.3) is 0 Å². The van der Waals surface area contributed by atoms with Crippen LogP contribution in [0.15, 0.2) is 0 Å². The Morgan fingerprint density at radius 3 is 2.59 bits per heavy atom. The Morgan fingerprint density at radius 2 is 1.95 bits per heavy atom. The molecule has 0 aromatic carbocycles. The average molecular weight is 302 g/mol. The van der Waals surface area contributed by atoms with Gasteiger partial charge in [0.15, 0.2) is 0 Å². The summed E-state index contributed by atoms with van der Waals surface area (Å²) in [5.41, 5.74) is 4.94. The van der Waals surface area contributed by atoms with Crippen molar-refractivity contribution in [3.05, 3.63) is 22.4 Å². The van der Waals surface area contributed by atoms with Crippen molar-refractivity contribution in [1.29, 1.82) is 5.26 Å².